The highest BCUT2D eigenvalue weighted by Gasteiger charge is 2.45. The maximum Gasteiger partial charge on any atom is 0.411 e. The number of nitrogens with two attached hydrogens (primary N) is 1. The third kappa shape index (κ3) is 4.48. The highest BCUT2D eigenvalue weighted by atomic mass is 19.4. The fourth-order valence-corrected chi connectivity index (χ4v) is 0.962. The lowest BCUT2D eigenvalue weighted by molar-refractivity contribution is -0.173. The van der Waals surface area contributed by atoms with E-state index in [2.05, 4.69) is 10.1 Å². The fourth-order valence-electron chi connectivity index (χ4n) is 0.962. The first-order valence-corrected chi connectivity index (χ1v) is 4.55. The molecule has 0 aromatic rings. The van der Waals surface area contributed by atoms with Crippen molar-refractivity contribution >= 4 is 5.91 Å². The molecule has 3 N–H and O–H groups in total. The molecular formula is C8H13F3N2O2. The van der Waals surface area contributed by atoms with E-state index in [0.29, 0.717) is 12.8 Å². The molecule has 1 aliphatic rings. The van der Waals surface area contributed by atoms with Crippen LogP contribution in [0.1, 0.15) is 12.8 Å². The van der Waals surface area contributed by atoms with E-state index in [1.807, 2.05) is 0 Å². The Morgan fingerprint density at radius 1 is 1.47 bits per heavy atom. The highest BCUT2D eigenvalue weighted by molar-refractivity contribution is 5.88. The molecule has 0 aromatic heterocycles. The van der Waals surface area contributed by atoms with Crippen LogP contribution in [0.2, 0.25) is 0 Å². The highest BCUT2D eigenvalue weighted by Crippen LogP contribution is 2.31. The van der Waals surface area contributed by atoms with E-state index in [1.165, 1.54) is 0 Å². The van der Waals surface area contributed by atoms with Gasteiger partial charge in [0.15, 0.2) is 0 Å². The van der Waals surface area contributed by atoms with Gasteiger partial charge in [-0.2, -0.15) is 13.2 Å². The number of halogens is 3. The predicted molar refractivity (Wildman–Crippen MR) is 46.0 cm³/mol. The van der Waals surface area contributed by atoms with Gasteiger partial charge >= 0.3 is 6.18 Å². The summed E-state index contributed by atoms with van der Waals surface area (Å²) in [6.45, 7) is -1.41. The molecular weight excluding hydrogens is 213 g/mol. The summed E-state index contributed by atoms with van der Waals surface area (Å²) >= 11 is 0. The van der Waals surface area contributed by atoms with E-state index in [0.717, 1.165) is 0 Å². The quantitative estimate of drug-likeness (QED) is 0.657. The monoisotopic (exact) mass is 226 g/mol. The summed E-state index contributed by atoms with van der Waals surface area (Å²) in [5.74, 6) is -0.321. The minimum atomic E-state index is -4.32. The van der Waals surface area contributed by atoms with Gasteiger partial charge in [-0.25, -0.2) is 0 Å². The lowest BCUT2D eigenvalue weighted by Gasteiger charge is -2.11. The summed E-state index contributed by atoms with van der Waals surface area (Å²) in [7, 11) is 0. The van der Waals surface area contributed by atoms with Gasteiger partial charge in [-0.15, -0.1) is 0 Å². The number of rotatable bonds is 5. The van der Waals surface area contributed by atoms with Gasteiger partial charge in [0.25, 0.3) is 0 Å². The number of carbonyl (C=O) groups is 1. The maximum atomic E-state index is 11.6. The molecule has 15 heavy (non-hydrogen) atoms. The fraction of sp³-hybridized carbons (Fsp3) is 0.875. The van der Waals surface area contributed by atoms with Crippen molar-refractivity contribution in [2.45, 2.75) is 24.6 Å². The maximum absolute atomic E-state index is 11.6. The zero-order valence-corrected chi connectivity index (χ0v) is 8.06. The van der Waals surface area contributed by atoms with Crippen LogP contribution in [-0.2, 0) is 9.53 Å². The van der Waals surface area contributed by atoms with Gasteiger partial charge in [0, 0.05) is 6.54 Å². The minimum Gasteiger partial charge on any atom is -0.370 e. The average molecular weight is 226 g/mol. The summed E-state index contributed by atoms with van der Waals surface area (Å²) in [6.07, 6.45) is -3.07. The molecule has 1 fully saturated rings. The third-order valence-corrected chi connectivity index (χ3v) is 2.04. The smallest absolute Gasteiger partial charge is 0.370 e. The van der Waals surface area contributed by atoms with Crippen molar-refractivity contribution in [3.63, 3.8) is 0 Å². The van der Waals surface area contributed by atoms with Gasteiger partial charge in [0.05, 0.1) is 12.1 Å². The van der Waals surface area contributed by atoms with Gasteiger partial charge in [-0.1, -0.05) is 0 Å². The number of alkyl halides is 3. The number of ether oxygens (including phenoxy) is 1. The molecule has 0 atom stereocenters. The predicted octanol–water partition coefficient (Wildman–Crippen LogP) is 0.173. The van der Waals surface area contributed by atoms with Crippen LogP contribution >= 0.6 is 0 Å². The molecule has 4 nitrogen and oxygen atoms in total. The molecule has 0 aromatic carbocycles. The van der Waals surface area contributed by atoms with Crippen molar-refractivity contribution in [1.29, 1.82) is 0 Å². The first kappa shape index (κ1) is 12.3. The summed E-state index contributed by atoms with van der Waals surface area (Å²) in [5, 5.41) is 2.42. The molecule has 1 rings (SSSR count). The first-order chi connectivity index (χ1) is 6.83. The molecule has 0 bridgehead atoms. The second-order valence-electron chi connectivity index (χ2n) is 3.58. The lowest BCUT2D eigenvalue weighted by atomic mass is 10.3. The average Bonchev–Trinajstić information content (AvgIpc) is 2.82. The summed E-state index contributed by atoms with van der Waals surface area (Å²) in [4.78, 5) is 11.2. The van der Waals surface area contributed by atoms with Crippen molar-refractivity contribution in [3.05, 3.63) is 0 Å². The topological polar surface area (TPSA) is 64.4 Å². The Labute approximate surface area is 84.9 Å². The number of carbonyl (C=O) groups excluding carboxylic acids is 1. The molecule has 0 unspecified atom stereocenters. The van der Waals surface area contributed by atoms with Crippen molar-refractivity contribution in [2.75, 3.05) is 19.8 Å². The second-order valence-corrected chi connectivity index (χ2v) is 3.58. The second kappa shape index (κ2) is 4.36. The Kier molecular flexibility index (Phi) is 3.56. The zero-order valence-electron chi connectivity index (χ0n) is 8.06. The van der Waals surface area contributed by atoms with E-state index in [-0.39, 0.29) is 19.1 Å². The van der Waals surface area contributed by atoms with Gasteiger partial charge in [-0.05, 0) is 12.8 Å². The Bertz CT molecular complexity index is 239. The number of hydrogen-bond donors (Lipinski definition) is 2. The van der Waals surface area contributed by atoms with Crippen LogP contribution in [0.5, 0.6) is 0 Å². The standard InChI is InChI=1S/C8H13F3N2O2/c9-8(10,11)5-15-4-3-13-6(14)7(12)1-2-7/h1-5,12H2,(H,13,14). The summed E-state index contributed by atoms with van der Waals surface area (Å²) < 4.78 is 39.1. The van der Waals surface area contributed by atoms with Gasteiger partial charge in [0.2, 0.25) is 5.91 Å². The van der Waals surface area contributed by atoms with Crippen molar-refractivity contribution < 1.29 is 22.7 Å². The summed E-state index contributed by atoms with van der Waals surface area (Å²) in [6, 6.07) is 0. The molecule has 0 saturated heterocycles. The van der Waals surface area contributed by atoms with Crippen LogP contribution in [-0.4, -0.2) is 37.4 Å². The van der Waals surface area contributed by atoms with Crippen LogP contribution in [0.25, 0.3) is 0 Å². The molecule has 1 aliphatic carbocycles. The number of hydrogen-bond acceptors (Lipinski definition) is 3. The first-order valence-electron chi connectivity index (χ1n) is 4.55. The normalized spacial score (nSPS) is 18.7. The van der Waals surface area contributed by atoms with Crippen LogP contribution in [0, 0.1) is 0 Å². The Hall–Kier alpha value is -0.820. The molecule has 1 amide bonds. The van der Waals surface area contributed by atoms with Crippen LogP contribution in [0.15, 0.2) is 0 Å². The van der Waals surface area contributed by atoms with E-state index in [9.17, 15) is 18.0 Å². The zero-order chi connectivity index (χ0) is 11.5. The molecule has 0 spiro atoms. The van der Waals surface area contributed by atoms with Crippen molar-refractivity contribution in [3.8, 4) is 0 Å². The lowest BCUT2D eigenvalue weighted by Crippen LogP contribution is -2.43. The van der Waals surface area contributed by atoms with Crippen LogP contribution in [0.3, 0.4) is 0 Å². The molecule has 0 aliphatic heterocycles. The number of nitrogens with one attached hydrogen (secondary N) is 1. The third-order valence-electron chi connectivity index (χ3n) is 2.04. The number of amides is 1. The van der Waals surface area contributed by atoms with Gasteiger partial charge in [-0.3, -0.25) is 4.79 Å². The van der Waals surface area contributed by atoms with Crippen LogP contribution in [0.4, 0.5) is 13.2 Å². The Morgan fingerprint density at radius 3 is 2.53 bits per heavy atom. The van der Waals surface area contributed by atoms with Crippen molar-refractivity contribution in [1.82, 2.24) is 5.32 Å². The molecule has 7 heteroatoms. The van der Waals surface area contributed by atoms with Crippen molar-refractivity contribution in [2.24, 2.45) is 5.73 Å². The van der Waals surface area contributed by atoms with E-state index in [1.54, 1.807) is 0 Å². The summed E-state index contributed by atoms with van der Waals surface area (Å²) in [5.41, 5.74) is 4.75. The van der Waals surface area contributed by atoms with Gasteiger partial charge in [0.1, 0.15) is 6.61 Å². The molecule has 0 heterocycles. The SMILES string of the molecule is NC1(C(=O)NCCOCC(F)(F)F)CC1. The Balaban J connectivity index is 2.00. The van der Waals surface area contributed by atoms with E-state index < -0.39 is 18.3 Å². The largest absolute Gasteiger partial charge is 0.411 e. The van der Waals surface area contributed by atoms with Gasteiger partial charge < -0.3 is 15.8 Å². The molecule has 0 radical (unpaired) electrons. The molecule has 1 saturated carbocycles. The minimum absolute atomic E-state index is 0.0495. The van der Waals surface area contributed by atoms with E-state index >= 15 is 0 Å². The molecule has 88 valence electrons. The Morgan fingerprint density at radius 2 is 2.07 bits per heavy atom. The van der Waals surface area contributed by atoms with Crippen LogP contribution < -0.4 is 11.1 Å². The van der Waals surface area contributed by atoms with E-state index in [4.69, 9.17) is 5.73 Å².